The number of oxime groups is 1. The van der Waals surface area contributed by atoms with E-state index in [0.717, 1.165) is 18.6 Å². The van der Waals surface area contributed by atoms with E-state index in [4.69, 9.17) is 20.9 Å². The third-order valence-electron chi connectivity index (χ3n) is 4.01. The van der Waals surface area contributed by atoms with Crippen molar-refractivity contribution < 1.29 is 18.4 Å². The molecule has 0 radical (unpaired) electrons. The van der Waals surface area contributed by atoms with Crippen LogP contribution in [0.1, 0.15) is 31.1 Å². The Hall–Kier alpha value is -2.34. The number of halogens is 2. The van der Waals surface area contributed by atoms with Crippen LogP contribution in [0.3, 0.4) is 0 Å². The second-order valence-electron chi connectivity index (χ2n) is 5.96. The highest BCUT2D eigenvalue weighted by Crippen LogP contribution is 2.25. The van der Waals surface area contributed by atoms with Crippen molar-refractivity contribution in [2.45, 2.75) is 38.3 Å². The van der Waals surface area contributed by atoms with E-state index in [2.05, 4.69) is 10.5 Å². The van der Waals surface area contributed by atoms with Crippen LogP contribution < -0.4 is 5.32 Å². The summed E-state index contributed by atoms with van der Waals surface area (Å²) >= 11 is 6.03. The maximum atomic E-state index is 13.9. The summed E-state index contributed by atoms with van der Waals surface area (Å²) in [5.41, 5.74) is 0.525. The van der Waals surface area contributed by atoms with E-state index in [1.165, 1.54) is 12.1 Å². The Morgan fingerprint density at radius 2 is 2.28 bits per heavy atom. The minimum atomic E-state index is -0.781. The van der Waals surface area contributed by atoms with Gasteiger partial charge in [-0.3, -0.25) is 4.79 Å². The van der Waals surface area contributed by atoms with Crippen molar-refractivity contribution in [1.29, 1.82) is 0 Å². The maximum absolute atomic E-state index is 13.9. The zero-order valence-corrected chi connectivity index (χ0v) is 14.4. The summed E-state index contributed by atoms with van der Waals surface area (Å²) in [6, 6.07) is 8.07. The van der Waals surface area contributed by atoms with E-state index >= 15 is 0 Å². The lowest BCUT2D eigenvalue weighted by atomic mass is 10.0. The first-order valence-corrected chi connectivity index (χ1v) is 8.42. The van der Waals surface area contributed by atoms with Crippen LogP contribution in [0.4, 0.5) is 4.39 Å². The van der Waals surface area contributed by atoms with Crippen molar-refractivity contribution in [2.75, 3.05) is 0 Å². The number of rotatable bonds is 6. The van der Waals surface area contributed by atoms with Crippen molar-refractivity contribution in [2.24, 2.45) is 5.16 Å². The molecule has 1 amide bonds. The number of benzene rings is 1. The van der Waals surface area contributed by atoms with E-state index < -0.39 is 11.9 Å². The standard InChI is InChI=1S/C18H18ClFN2O3/c1-11(7-8-12-4-3-9-24-12)21-18(23)16-10-15(22-25-16)17-13(19)5-2-6-14(17)20/h2-6,9,11,16H,7-8,10H2,1H3,(H,21,23)/t11-,16-/m1/s1. The maximum Gasteiger partial charge on any atom is 0.264 e. The third kappa shape index (κ3) is 4.20. The number of hydrogen-bond acceptors (Lipinski definition) is 4. The fourth-order valence-electron chi connectivity index (χ4n) is 2.66. The fourth-order valence-corrected chi connectivity index (χ4v) is 2.93. The number of carbonyl (C=O) groups excluding carboxylic acids is 1. The first-order valence-electron chi connectivity index (χ1n) is 8.04. The molecule has 1 aliphatic heterocycles. The molecule has 0 spiro atoms. The van der Waals surface area contributed by atoms with Gasteiger partial charge < -0.3 is 14.6 Å². The van der Waals surface area contributed by atoms with Crippen LogP contribution in [0.15, 0.2) is 46.2 Å². The minimum absolute atomic E-state index is 0.0534. The number of nitrogens with one attached hydrogen (secondary N) is 1. The van der Waals surface area contributed by atoms with E-state index in [9.17, 15) is 9.18 Å². The second kappa shape index (κ2) is 7.70. The van der Waals surface area contributed by atoms with Gasteiger partial charge in [0.2, 0.25) is 6.10 Å². The largest absolute Gasteiger partial charge is 0.469 e. The minimum Gasteiger partial charge on any atom is -0.469 e. The lowest BCUT2D eigenvalue weighted by molar-refractivity contribution is -0.131. The Morgan fingerprint density at radius 3 is 3.00 bits per heavy atom. The SMILES string of the molecule is C[C@H](CCc1ccco1)NC(=O)[C@H]1CC(c2c(F)cccc2Cl)=NO1. The smallest absolute Gasteiger partial charge is 0.264 e. The normalized spacial score (nSPS) is 17.7. The molecule has 2 aromatic rings. The fraction of sp³-hybridized carbons (Fsp3) is 0.333. The van der Waals surface area contributed by atoms with Crippen molar-refractivity contribution in [1.82, 2.24) is 5.32 Å². The van der Waals surface area contributed by atoms with Gasteiger partial charge in [-0.25, -0.2) is 4.39 Å². The highest BCUT2D eigenvalue weighted by molar-refractivity contribution is 6.34. The summed E-state index contributed by atoms with van der Waals surface area (Å²) in [4.78, 5) is 17.5. The Kier molecular flexibility index (Phi) is 5.38. The molecular weight excluding hydrogens is 347 g/mol. The van der Waals surface area contributed by atoms with Gasteiger partial charge in [-0.2, -0.15) is 0 Å². The van der Waals surface area contributed by atoms with Gasteiger partial charge in [-0.1, -0.05) is 22.8 Å². The topological polar surface area (TPSA) is 63.8 Å². The van der Waals surface area contributed by atoms with Crippen LogP contribution in [-0.4, -0.2) is 23.8 Å². The Bertz CT molecular complexity index is 756. The molecule has 1 aromatic heterocycles. The zero-order chi connectivity index (χ0) is 17.8. The molecular formula is C18H18ClFN2O3. The van der Waals surface area contributed by atoms with Gasteiger partial charge in [-0.15, -0.1) is 0 Å². The van der Waals surface area contributed by atoms with Crippen molar-refractivity contribution in [3.05, 3.63) is 58.8 Å². The van der Waals surface area contributed by atoms with Gasteiger partial charge in [0.15, 0.2) is 0 Å². The lowest BCUT2D eigenvalue weighted by Gasteiger charge is -2.15. The number of hydrogen-bond donors (Lipinski definition) is 1. The van der Waals surface area contributed by atoms with E-state index in [1.807, 2.05) is 19.1 Å². The number of aryl methyl sites for hydroxylation is 1. The Morgan fingerprint density at radius 1 is 1.44 bits per heavy atom. The van der Waals surface area contributed by atoms with Crippen LogP contribution >= 0.6 is 11.6 Å². The molecule has 1 N–H and O–H groups in total. The molecule has 7 heteroatoms. The molecule has 25 heavy (non-hydrogen) atoms. The van der Waals surface area contributed by atoms with Gasteiger partial charge in [0.05, 0.1) is 22.6 Å². The molecule has 0 saturated carbocycles. The predicted molar refractivity (Wildman–Crippen MR) is 92.1 cm³/mol. The van der Waals surface area contributed by atoms with Gasteiger partial charge in [0.1, 0.15) is 11.6 Å². The van der Waals surface area contributed by atoms with Gasteiger partial charge in [0, 0.05) is 18.9 Å². The van der Waals surface area contributed by atoms with Crippen LogP contribution in [0.2, 0.25) is 5.02 Å². The average Bonchev–Trinajstić information content (AvgIpc) is 3.25. The highest BCUT2D eigenvalue weighted by atomic mass is 35.5. The summed E-state index contributed by atoms with van der Waals surface area (Å²) in [6.07, 6.45) is 2.48. The summed E-state index contributed by atoms with van der Waals surface area (Å²) < 4.78 is 19.2. The van der Waals surface area contributed by atoms with Crippen LogP contribution in [0, 0.1) is 5.82 Å². The summed E-state index contributed by atoms with van der Waals surface area (Å²) in [5, 5.41) is 6.97. The monoisotopic (exact) mass is 364 g/mol. The Labute approximate surface area is 149 Å². The summed E-state index contributed by atoms with van der Waals surface area (Å²) in [5.74, 6) is 0.110. The van der Waals surface area contributed by atoms with Crippen LogP contribution in [0.5, 0.6) is 0 Å². The van der Waals surface area contributed by atoms with Crippen LogP contribution in [0.25, 0.3) is 0 Å². The van der Waals surface area contributed by atoms with E-state index in [-0.39, 0.29) is 29.0 Å². The summed E-state index contributed by atoms with van der Waals surface area (Å²) in [7, 11) is 0. The molecule has 1 aromatic carbocycles. The molecule has 1 aliphatic rings. The molecule has 0 saturated heterocycles. The van der Waals surface area contributed by atoms with E-state index in [0.29, 0.717) is 5.71 Å². The molecule has 0 fully saturated rings. The first kappa shape index (κ1) is 17.5. The lowest BCUT2D eigenvalue weighted by Crippen LogP contribution is -2.40. The molecule has 3 rings (SSSR count). The van der Waals surface area contributed by atoms with Gasteiger partial charge in [0.25, 0.3) is 5.91 Å². The van der Waals surface area contributed by atoms with Gasteiger partial charge >= 0.3 is 0 Å². The Balaban J connectivity index is 1.53. The second-order valence-corrected chi connectivity index (χ2v) is 6.37. The van der Waals surface area contributed by atoms with Crippen molar-refractivity contribution in [3.63, 3.8) is 0 Å². The third-order valence-corrected chi connectivity index (χ3v) is 4.32. The molecule has 2 atom stereocenters. The number of furan rings is 1. The molecule has 0 aliphatic carbocycles. The molecule has 0 unspecified atom stereocenters. The summed E-state index contributed by atoms with van der Waals surface area (Å²) in [6.45, 7) is 1.91. The van der Waals surface area contributed by atoms with Crippen molar-refractivity contribution in [3.8, 4) is 0 Å². The molecule has 132 valence electrons. The van der Waals surface area contributed by atoms with E-state index in [1.54, 1.807) is 12.3 Å². The highest BCUT2D eigenvalue weighted by Gasteiger charge is 2.31. The number of amides is 1. The number of nitrogens with zero attached hydrogens (tertiary/aromatic N) is 1. The van der Waals surface area contributed by atoms with Crippen LogP contribution in [-0.2, 0) is 16.1 Å². The first-order chi connectivity index (χ1) is 12.0. The average molecular weight is 365 g/mol. The van der Waals surface area contributed by atoms with Crippen molar-refractivity contribution >= 4 is 23.2 Å². The molecule has 2 heterocycles. The number of carbonyl (C=O) groups is 1. The zero-order valence-electron chi connectivity index (χ0n) is 13.7. The quantitative estimate of drug-likeness (QED) is 0.850. The molecule has 5 nitrogen and oxygen atoms in total. The molecule has 0 bridgehead atoms. The predicted octanol–water partition coefficient (Wildman–Crippen LogP) is 3.70. The van der Waals surface area contributed by atoms with Gasteiger partial charge in [-0.05, 0) is 37.6 Å².